The van der Waals surface area contributed by atoms with Crippen molar-refractivity contribution in [1.29, 1.82) is 0 Å². The molecule has 7 fully saturated rings. The number of ether oxygens (including phenoxy) is 2. The second-order valence-corrected chi connectivity index (χ2v) is 16.6. The minimum absolute atomic E-state index is 0.0528. The van der Waals surface area contributed by atoms with Gasteiger partial charge in [-0.2, -0.15) is 0 Å². The summed E-state index contributed by atoms with van der Waals surface area (Å²) in [5.41, 5.74) is 0.489. The van der Waals surface area contributed by atoms with Crippen molar-refractivity contribution in [3.8, 4) is 11.8 Å². The van der Waals surface area contributed by atoms with E-state index in [0.29, 0.717) is 51.8 Å². The highest BCUT2D eigenvalue weighted by atomic mass is 32.2. The lowest BCUT2D eigenvalue weighted by Crippen LogP contribution is -2.59. The van der Waals surface area contributed by atoms with Gasteiger partial charge in [0.05, 0.1) is 17.8 Å². The number of benzene rings is 1. The lowest BCUT2D eigenvalue weighted by Gasteiger charge is -2.64. The van der Waals surface area contributed by atoms with Gasteiger partial charge in [-0.05, 0) is 84.5 Å². The Morgan fingerprint density at radius 2 is 1.35 bits per heavy atom. The molecule has 202 valence electrons. The van der Waals surface area contributed by atoms with E-state index in [9.17, 15) is 5.11 Å². The maximum absolute atomic E-state index is 12.5. The Labute approximate surface area is 232 Å². The Hall–Kier alpha value is -0.640. The molecule has 1 heterocycles. The van der Waals surface area contributed by atoms with Crippen LogP contribution in [0.1, 0.15) is 65.9 Å². The zero-order valence-electron chi connectivity index (χ0n) is 23.1. The fraction of sp³-hybridized carbons (Fsp3) is 0.750. The minimum Gasteiger partial charge on any atom is -0.371 e. The van der Waals surface area contributed by atoms with Gasteiger partial charge in [0.2, 0.25) is 0 Å². The monoisotopic (exact) mass is 540 g/mol. The molecule has 8 rings (SSSR count). The minimum atomic E-state index is -1.19. The average Bonchev–Trinajstić information content (AvgIpc) is 2.88. The van der Waals surface area contributed by atoms with Crippen LogP contribution in [0.25, 0.3) is 0 Å². The predicted molar refractivity (Wildman–Crippen MR) is 154 cm³/mol. The molecule has 1 N–H and O–H groups in total. The van der Waals surface area contributed by atoms with Gasteiger partial charge >= 0.3 is 0 Å². The van der Waals surface area contributed by atoms with Crippen molar-refractivity contribution in [3.63, 3.8) is 0 Å². The van der Waals surface area contributed by atoms with E-state index in [4.69, 9.17) is 9.47 Å². The summed E-state index contributed by atoms with van der Waals surface area (Å²) in [4.78, 5) is 0. The summed E-state index contributed by atoms with van der Waals surface area (Å²) < 4.78 is 12.5. The van der Waals surface area contributed by atoms with Crippen LogP contribution in [0, 0.1) is 58.2 Å². The summed E-state index contributed by atoms with van der Waals surface area (Å²) in [5.74, 6) is 10.3. The van der Waals surface area contributed by atoms with Crippen LogP contribution in [0.15, 0.2) is 30.3 Å². The lowest BCUT2D eigenvalue weighted by molar-refractivity contribution is -0.158. The summed E-state index contributed by atoms with van der Waals surface area (Å²) in [6.45, 7) is 13.6. The second kappa shape index (κ2) is 9.77. The molecule has 7 aliphatic rings. The summed E-state index contributed by atoms with van der Waals surface area (Å²) in [6.07, 6.45) is 5.04. The quantitative estimate of drug-likeness (QED) is 0.418. The zero-order chi connectivity index (χ0) is 26.0. The van der Waals surface area contributed by atoms with Crippen molar-refractivity contribution >= 4 is 23.5 Å². The van der Waals surface area contributed by atoms with Crippen molar-refractivity contribution in [2.45, 2.75) is 81.0 Å². The average molecular weight is 541 g/mol. The molecule has 6 aliphatic carbocycles. The first-order valence-corrected chi connectivity index (χ1v) is 16.2. The van der Waals surface area contributed by atoms with Crippen molar-refractivity contribution in [2.75, 3.05) is 20.0 Å². The highest BCUT2D eigenvalue weighted by molar-refractivity contribution is 8.17. The largest absolute Gasteiger partial charge is 0.371 e. The van der Waals surface area contributed by atoms with E-state index >= 15 is 0 Å². The number of hydrogen-bond donors (Lipinski definition) is 1. The van der Waals surface area contributed by atoms with E-state index in [1.54, 1.807) is 0 Å². The van der Waals surface area contributed by atoms with Gasteiger partial charge in [0.1, 0.15) is 6.79 Å². The summed E-state index contributed by atoms with van der Waals surface area (Å²) >= 11 is 4.05. The fourth-order valence-electron chi connectivity index (χ4n) is 8.68. The van der Waals surface area contributed by atoms with Gasteiger partial charge in [0, 0.05) is 10.5 Å². The molecule has 5 heteroatoms. The van der Waals surface area contributed by atoms with E-state index in [1.165, 1.54) is 25.7 Å². The Morgan fingerprint density at radius 3 is 1.81 bits per heavy atom. The van der Waals surface area contributed by atoms with E-state index < -0.39 is 5.60 Å². The van der Waals surface area contributed by atoms with Crippen LogP contribution in [-0.4, -0.2) is 40.2 Å². The molecule has 0 spiro atoms. The van der Waals surface area contributed by atoms with Crippen molar-refractivity contribution in [2.24, 2.45) is 46.3 Å². The maximum atomic E-state index is 12.5. The van der Waals surface area contributed by atoms with Gasteiger partial charge in [0.25, 0.3) is 0 Å². The van der Waals surface area contributed by atoms with Crippen LogP contribution in [-0.2, 0) is 15.1 Å². The van der Waals surface area contributed by atoms with Gasteiger partial charge in [-0.15, -0.1) is 29.4 Å². The predicted octanol–water partition coefficient (Wildman–Crippen LogP) is 6.80. The third kappa shape index (κ3) is 4.33. The van der Waals surface area contributed by atoms with Gasteiger partial charge in [0.15, 0.2) is 5.60 Å². The first-order valence-electron chi connectivity index (χ1n) is 14.3. The Morgan fingerprint density at radius 1 is 0.838 bits per heavy atom. The highest BCUT2D eigenvalue weighted by Crippen LogP contribution is 2.67. The topological polar surface area (TPSA) is 38.7 Å². The van der Waals surface area contributed by atoms with E-state index in [1.807, 2.05) is 48.6 Å². The molecule has 1 aromatic carbocycles. The summed E-state index contributed by atoms with van der Waals surface area (Å²) in [7, 11) is 0. The third-order valence-electron chi connectivity index (χ3n) is 11.4. The number of rotatable bonds is 2. The van der Waals surface area contributed by atoms with Crippen molar-refractivity contribution in [1.82, 2.24) is 0 Å². The van der Waals surface area contributed by atoms with Crippen molar-refractivity contribution < 1.29 is 14.6 Å². The van der Waals surface area contributed by atoms with Crippen LogP contribution in [0.3, 0.4) is 0 Å². The molecular formula is C32H44O3S2. The van der Waals surface area contributed by atoms with Gasteiger partial charge in [-0.25, -0.2) is 0 Å². The number of aliphatic hydroxyl groups is 1. The van der Waals surface area contributed by atoms with Gasteiger partial charge in [-0.3, -0.25) is 0 Å². The van der Waals surface area contributed by atoms with Crippen LogP contribution >= 0.6 is 23.5 Å². The SMILES string of the molecule is CC#C[C@](O)(c1ccccc1)C1S[C@H]2C[C@H]3C[C@@H]([C@@H]2COCOC[C@@H]2[C@H](C[C@H]4C[C@@H]2C4(C)C)S1)C3(C)C. The lowest BCUT2D eigenvalue weighted by atomic mass is 9.45. The molecule has 1 saturated heterocycles. The van der Waals surface area contributed by atoms with Crippen molar-refractivity contribution in [3.05, 3.63) is 35.9 Å². The molecular weight excluding hydrogens is 496 g/mol. The first kappa shape index (κ1) is 26.6. The zero-order valence-corrected chi connectivity index (χ0v) is 24.7. The van der Waals surface area contributed by atoms with Gasteiger partial charge < -0.3 is 14.6 Å². The molecule has 0 aromatic heterocycles. The Bertz CT molecular complexity index is 997. The van der Waals surface area contributed by atoms with Crippen LogP contribution in [0.4, 0.5) is 0 Å². The summed E-state index contributed by atoms with van der Waals surface area (Å²) in [6, 6.07) is 10.2. The molecule has 6 saturated carbocycles. The molecule has 0 unspecified atom stereocenters. The maximum Gasteiger partial charge on any atom is 0.171 e. The standard InChI is InChI=1S/C32H44O3S2/c1-6-12-32(33,20-10-8-7-9-11-20)29-36-27-15-21-13-25(30(21,2)3)23(27)17-34-19-35-18-24-26-14-22(31(26,4)5)16-28(24)37-29/h7-11,21-29,33H,13-19H2,1-5H3/t21-,22-,23+,24+,25+,26+,27+,28+,32+/m1/s1. The second-order valence-electron chi connectivity index (χ2n) is 13.6. The first-order chi connectivity index (χ1) is 17.7. The summed E-state index contributed by atoms with van der Waals surface area (Å²) in [5, 5.41) is 13.4. The molecule has 0 radical (unpaired) electrons. The normalized spacial score (nSPS) is 42.0. The van der Waals surface area contributed by atoms with E-state index in [-0.39, 0.29) is 4.58 Å². The number of hydrogen-bond acceptors (Lipinski definition) is 5. The van der Waals surface area contributed by atoms with Crippen LogP contribution in [0.2, 0.25) is 0 Å². The molecule has 3 nitrogen and oxygen atoms in total. The van der Waals surface area contributed by atoms with E-state index in [0.717, 1.165) is 30.6 Å². The molecule has 0 amide bonds. The van der Waals surface area contributed by atoms with E-state index in [2.05, 4.69) is 51.7 Å². The van der Waals surface area contributed by atoms with Crippen LogP contribution < -0.4 is 0 Å². The fourth-order valence-corrected chi connectivity index (χ4v) is 12.8. The Balaban J connectivity index is 1.37. The smallest absolute Gasteiger partial charge is 0.171 e. The molecule has 37 heavy (non-hydrogen) atoms. The van der Waals surface area contributed by atoms with Crippen LogP contribution in [0.5, 0.6) is 0 Å². The molecule has 4 bridgehead atoms. The third-order valence-corrected chi connectivity index (χ3v) is 15.0. The Kier molecular flexibility index (Phi) is 7.02. The molecule has 1 aromatic rings. The highest BCUT2D eigenvalue weighted by Gasteiger charge is 2.61. The van der Waals surface area contributed by atoms with Gasteiger partial charge in [-0.1, -0.05) is 63.9 Å². The number of thioether (sulfide) groups is 2. The molecule has 9 atom stereocenters. The molecule has 1 aliphatic heterocycles.